The van der Waals surface area contributed by atoms with Crippen molar-refractivity contribution in [3.63, 3.8) is 0 Å². The summed E-state index contributed by atoms with van der Waals surface area (Å²) in [5.74, 6) is -0.623. The Morgan fingerprint density at radius 2 is 1.81 bits per heavy atom. The van der Waals surface area contributed by atoms with Crippen LogP contribution in [0.15, 0.2) is 47.6 Å². The van der Waals surface area contributed by atoms with Gasteiger partial charge in [-0.1, -0.05) is 35.3 Å². The monoisotopic (exact) mass is 473 g/mol. The number of rotatable bonds is 3. The van der Waals surface area contributed by atoms with Gasteiger partial charge in [0.05, 0.1) is 30.0 Å². The van der Waals surface area contributed by atoms with Gasteiger partial charge >= 0.3 is 18.2 Å². The molecule has 1 unspecified atom stereocenters. The molecule has 0 saturated carbocycles. The minimum absolute atomic E-state index is 0.128. The van der Waals surface area contributed by atoms with Crippen molar-refractivity contribution in [2.24, 2.45) is 10.5 Å². The van der Waals surface area contributed by atoms with Crippen molar-refractivity contribution in [1.29, 1.82) is 0 Å². The predicted molar refractivity (Wildman–Crippen MR) is 110 cm³/mol. The zero-order valence-corrected chi connectivity index (χ0v) is 17.8. The molecule has 1 heterocycles. The molecule has 11 heteroatoms. The molecule has 0 fully saturated rings. The summed E-state index contributed by atoms with van der Waals surface area (Å²) in [4.78, 5) is 25.2. The summed E-state index contributed by atoms with van der Waals surface area (Å²) >= 11 is 11.5. The number of carbonyl (C=O) groups is 2. The fourth-order valence-electron chi connectivity index (χ4n) is 3.14. The van der Waals surface area contributed by atoms with Crippen LogP contribution in [-0.4, -0.2) is 36.4 Å². The first-order valence-corrected chi connectivity index (χ1v) is 9.60. The third-order valence-corrected chi connectivity index (χ3v) is 5.30. The van der Waals surface area contributed by atoms with Crippen LogP contribution in [0.5, 0.6) is 0 Å². The summed E-state index contributed by atoms with van der Waals surface area (Å²) in [6.45, 7) is 1.38. The molecule has 0 radical (unpaired) electrons. The minimum Gasteiger partial charge on any atom is -0.468 e. The van der Waals surface area contributed by atoms with Crippen molar-refractivity contribution in [3.8, 4) is 0 Å². The highest BCUT2D eigenvalue weighted by Crippen LogP contribution is 2.37. The normalized spacial score (nSPS) is 18.5. The van der Waals surface area contributed by atoms with Gasteiger partial charge in [-0.15, -0.1) is 0 Å². The average molecular weight is 474 g/mol. The number of benzene rings is 2. The molecule has 2 amide bonds. The Balaban J connectivity index is 1.91. The number of hydrogen-bond donors (Lipinski definition) is 1. The Morgan fingerprint density at radius 3 is 2.39 bits per heavy atom. The topological polar surface area (TPSA) is 71.0 Å². The SMILES string of the molecule is COC(=O)C1(C)CN(C(=O)Nc2ccc(Cl)c(C(F)(F)F)c2)N=C1c1ccc(Cl)cc1. The number of alkyl halides is 3. The summed E-state index contributed by atoms with van der Waals surface area (Å²) < 4.78 is 44.1. The van der Waals surface area contributed by atoms with Gasteiger partial charge in [0.1, 0.15) is 5.41 Å². The van der Waals surface area contributed by atoms with Crippen LogP contribution in [0, 0.1) is 5.41 Å². The lowest BCUT2D eigenvalue weighted by molar-refractivity contribution is -0.147. The maximum Gasteiger partial charge on any atom is 0.417 e. The van der Waals surface area contributed by atoms with Crippen molar-refractivity contribution >= 4 is 46.6 Å². The van der Waals surface area contributed by atoms with E-state index < -0.39 is 34.2 Å². The number of ether oxygens (including phenoxy) is 1. The van der Waals surface area contributed by atoms with Gasteiger partial charge in [0.15, 0.2) is 0 Å². The third-order valence-electron chi connectivity index (χ3n) is 4.72. The van der Waals surface area contributed by atoms with Crippen LogP contribution < -0.4 is 5.32 Å². The zero-order valence-electron chi connectivity index (χ0n) is 16.3. The van der Waals surface area contributed by atoms with Gasteiger partial charge < -0.3 is 10.1 Å². The Hall–Kier alpha value is -2.78. The number of anilines is 1. The van der Waals surface area contributed by atoms with E-state index in [0.717, 1.165) is 17.1 Å². The maximum atomic E-state index is 13.1. The highest BCUT2D eigenvalue weighted by atomic mass is 35.5. The number of esters is 1. The number of hydrazone groups is 1. The first-order valence-electron chi connectivity index (χ1n) is 8.84. The molecule has 164 valence electrons. The summed E-state index contributed by atoms with van der Waals surface area (Å²) in [6, 6.07) is 8.64. The second kappa shape index (κ2) is 8.39. The lowest BCUT2D eigenvalue weighted by atomic mass is 9.82. The Kier molecular flexibility index (Phi) is 6.20. The molecule has 0 aliphatic carbocycles. The number of nitrogens with one attached hydrogen (secondary N) is 1. The molecule has 1 aliphatic rings. The summed E-state index contributed by atoms with van der Waals surface area (Å²) in [7, 11) is 1.21. The number of urea groups is 1. The van der Waals surface area contributed by atoms with E-state index in [9.17, 15) is 22.8 Å². The average Bonchev–Trinajstić information content (AvgIpc) is 3.07. The molecule has 2 aromatic rings. The van der Waals surface area contributed by atoms with Crippen molar-refractivity contribution in [2.45, 2.75) is 13.1 Å². The number of carbonyl (C=O) groups excluding carboxylic acids is 2. The van der Waals surface area contributed by atoms with Crippen LogP contribution in [0.4, 0.5) is 23.7 Å². The smallest absolute Gasteiger partial charge is 0.417 e. The maximum absolute atomic E-state index is 13.1. The van der Waals surface area contributed by atoms with E-state index in [4.69, 9.17) is 27.9 Å². The second-order valence-corrected chi connectivity index (χ2v) is 7.80. The number of hydrogen-bond acceptors (Lipinski definition) is 4. The van der Waals surface area contributed by atoms with Gasteiger partial charge in [-0.25, -0.2) is 9.80 Å². The van der Waals surface area contributed by atoms with Gasteiger partial charge in [0.25, 0.3) is 0 Å². The second-order valence-electron chi connectivity index (χ2n) is 6.96. The first-order chi connectivity index (χ1) is 14.5. The van der Waals surface area contributed by atoms with Crippen LogP contribution in [0.25, 0.3) is 0 Å². The molecule has 1 atom stereocenters. The molecular formula is C20H16Cl2F3N3O3. The molecule has 0 bridgehead atoms. The lowest BCUT2D eigenvalue weighted by Gasteiger charge is -2.23. The largest absolute Gasteiger partial charge is 0.468 e. The van der Waals surface area contributed by atoms with Crippen molar-refractivity contribution in [3.05, 3.63) is 63.6 Å². The first kappa shape index (κ1) is 22.9. The van der Waals surface area contributed by atoms with E-state index >= 15 is 0 Å². The molecule has 0 spiro atoms. The molecule has 0 saturated heterocycles. The molecule has 0 aromatic heterocycles. The van der Waals surface area contributed by atoms with E-state index in [0.29, 0.717) is 10.6 Å². The van der Waals surface area contributed by atoms with Gasteiger partial charge in [0, 0.05) is 10.7 Å². The van der Waals surface area contributed by atoms with E-state index in [1.165, 1.54) is 13.2 Å². The molecule has 1 N–H and O–H groups in total. The lowest BCUT2D eigenvalue weighted by Crippen LogP contribution is -2.42. The Bertz CT molecular complexity index is 1060. The van der Waals surface area contributed by atoms with Gasteiger partial charge in [-0.05, 0) is 42.8 Å². The van der Waals surface area contributed by atoms with Crippen LogP contribution >= 0.6 is 23.2 Å². The highest BCUT2D eigenvalue weighted by Gasteiger charge is 2.48. The Labute approximate surface area is 185 Å². The van der Waals surface area contributed by atoms with E-state index in [2.05, 4.69) is 10.4 Å². The summed E-state index contributed by atoms with van der Waals surface area (Å²) in [6.07, 6.45) is -4.69. The van der Waals surface area contributed by atoms with Gasteiger partial charge in [0.2, 0.25) is 0 Å². The van der Waals surface area contributed by atoms with Gasteiger partial charge in [-0.3, -0.25) is 4.79 Å². The van der Waals surface area contributed by atoms with Crippen molar-refractivity contribution < 1.29 is 27.5 Å². The minimum atomic E-state index is -4.69. The van der Waals surface area contributed by atoms with Crippen molar-refractivity contribution in [2.75, 3.05) is 19.0 Å². The predicted octanol–water partition coefficient (Wildman–Crippen LogP) is 5.44. The fraction of sp³-hybridized carbons (Fsp3) is 0.250. The summed E-state index contributed by atoms with van der Waals surface area (Å²) in [5, 5.41) is 7.53. The van der Waals surface area contributed by atoms with E-state index in [1.54, 1.807) is 31.2 Å². The van der Waals surface area contributed by atoms with E-state index in [1.807, 2.05) is 0 Å². The number of halogens is 5. The highest BCUT2D eigenvalue weighted by molar-refractivity contribution is 6.31. The molecule has 6 nitrogen and oxygen atoms in total. The van der Waals surface area contributed by atoms with Crippen LogP contribution in [0.3, 0.4) is 0 Å². The third kappa shape index (κ3) is 4.62. The molecular weight excluding hydrogens is 458 g/mol. The van der Waals surface area contributed by atoms with Crippen LogP contribution in [0.1, 0.15) is 18.1 Å². The molecule has 1 aliphatic heterocycles. The van der Waals surface area contributed by atoms with E-state index in [-0.39, 0.29) is 17.9 Å². The standard InChI is InChI=1S/C20H16Cl2F3N3O3/c1-19(17(29)31-2)10-28(27-16(19)11-3-5-12(21)6-4-11)18(30)26-13-7-8-15(22)14(9-13)20(23,24)25/h3-9H,10H2,1-2H3,(H,26,30). The molecule has 3 rings (SSSR count). The fourth-order valence-corrected chi connectivity index (χ4v) is 3.49. The quantitative estimate of drug-likeness (QED) is 0.603. The van der Waals surface area contributed by atoms with Crippen LogP contribution in [0.2, 0.25) is 10.0 Å². The van der Waals surface area contributed by atoms with Gasteiger partial charge in [-0.2, -0.15) is 18.3 Å². The number of amides is 2. The number of nitrogens with zero attached hydrogens (tertiary/aromatic N) is 2. The van der Waals surface area contributed by atoms with Crippen molar-refractivity contribution in [1.82, 2.24) is 5.01 Å². The molecule has 2 aromatic carbocycles. The Morgan fingerprint density at radius 1 is 1.16 bits per heavy atom. The number of methoxy groups -OCH3 is 1. The zero-order chi connectivity index (χ0) is 23.0. The summed E-state index contributed by atoms with van der Waals surface area (Å²) in [5.41, 5.74) is -1.71. The van der Waals surface area contributed by atoms with Crippen LogP contribution in [-0.2, 0) is 15.7 Å². The molecule has 31 heavy (non-hydrogen) atoms.